The molecule has 4 heteroatoms. The van der Waals surface area contributed by atoms with Crippen molar-refractivity contribution in [2.24, 2.45) is 0 Å². The molecule has 1 aromatic rings. The highest BCUT2D eigenvalue weighted by Crippen LogP contribution is 2.40. The Morgan fingerprint density at radius 2 is 2.25 bits per heavy atom. The summed E-state index contributed by atoms with van der Waals surface area (Å²) in [4.78, 5) is 7.33. The molecule has 0 saturated heterocycles. The highest BCUT2D eigenvalue weighted by molar-refractivity contribution is 5.27. The van der Waals surface area contributed by atoms with E-state index < -0.39 is 5.82 Å². The van der Waals surface area contributed by atoms with Crippen LogP contribution in [0.15, 0.2) is 6.33 Å². The van der Waals surface area contributed by atoms with Crippen molar-refractivity contribution in [1.29, 1.82) is 5.26 Å². The van der Waals surface area contributed by atoms with Crippen molar-refractivity contribution in [3.8, 4) is 6.07 Å². The molecule has 1 heterocycles. The van der Waals surface area contributed by atoms with Crippen molar-refractivity contribution < 1.29 is 4.39 Å². The van der Waals surface area contributed by atoms with Gasteiger partial charge in [0.15, 0.2) is 11.5 Å². The Hall–Kier alpha value is -1.50. The second kappa shape index (κ2) is 2.52. The molecule has 12 heavy (non-hydrogen) atoms. The second-order valence-corrected chi connectivity index (χ2v) is 2.81. The van der Waals surface area contributed by atoms with Crippen molar-refractivity contribution in [2.75, 3.05) is 0 Å². The fraction of sp³-hybridized carbons (Fsp3) is 0.375. The average Bonchev–Trinajstić information content (AvgIpc) is 2.88. The number of hydrogen-bond acceptors (Lipinski definition) is 3. The summed E-state index contributed by atoms with van der Waals surface area (Å²) >= 11 is 0. The van der Waals surface area contributed by atoms with Crippen molar-refractivity contribution in [3.05, 3.63) is 23.5 Å². The molecule has 0 unspecified atom stereocenters. The maximum absolute atomic E-state index is 13.2. The summed E-state index contributed by atoms with van der Waals surface area (Å²) in [6.45, 7) is 0. The minimum absolute atomic E-state index is 0.146. The van der Waals surface area contributed by atoms with Crippen LogP contribution in [-0.2, 0) is 0 Å². The van der Waals surface area contributed by atoms with E-state index in [0.29, 0.717) is 5.69 Å². The van der Waals surface area contributed by atoms with Crippen LogP contribution in [0, 0.1) is 17.1 Å². The first-order valence-electron chi connectivity index (χ1n) is 3.73. The van der Waals surface area contributed by atoms with E-state index in [1.54, 1.807) is 6.07 Å². The van der Waals surface area contributed by atoms with Crippen LogP contribution >= 0.6 is 0 Å². The van der Waals surface area contributed by atoms with Crippen LogP contribution in [0.3, 0.4) is 0 Å². The quantitative estimate of drug-likeness (QED) is 0.628. The third kappa shape index (κ3) is 1.03. The summed E-state index contributed by atoms with van der Waals surface area (Å²) in [5.74, 6) is -0.317. The zero-order valence-corrected chi connectivity index (χ0v) is 6.29. The predicted octanol–water partition coefficient (Wildman–Crippen LogP) is 1.36. The zero-order chi connectivity index (χ0) is 8.55. The molecule has 0 spiro atoms. The minimum atomic E-state index is -0.539. The van der Waals surface area contributed by atoms with Gasteiger partial charge < -0.3 is 0 Å². The van der Waals surface area contributed by atoms with Crippen molar-refractivity contribution >= 4 is 0 Å². The molecular formula is C8H6FN3. The first-order chi connectivity index (χ1) is 5.83. The molecular weight excluding hydrogens is 157 g/mol. The highest BCUT2D eigenvalue weighted by Gasteiger charge is 2.29. The van der Waals surface area contributed by atoms with Crippen LogP contribution < -0.4 is 0 Å². The number of nitriles is 1. The number of aromatic nitrogens is 2. The topological polar surface area (TPSA) is 49.6 Å². The third-order valence-corrected chi connectivity index (χ3v) is 1.89. The summed E-state index contributed by atoms with van der Waals surface area (Å²) in [5, 5.41) is 8.46. The number of halogens is 1. The molecule has 2 rings (SSSR count). The van der Waals surface area contributed by atoms with E-state index in [9.17, 15) is 4.39 Å². The van der Waals surface area contributed by atoms with E-state index in [2.05, 4.69) is 9.97 Å². The molecule has 1 aromatic heterocycles. The standard InChI is InChI=1S/C8H6FN3/c9-7-6(3-10)11-4-12-8(7)5-1-2-5/h4-5H,1-2H2. The van der Waals surface area contributed by atoms with Gasteiger partial charge in [0.25, 0.3) is 0 Å². The normalized spacial score (nSPS) is 15.7. The van der Waals surface area contributed by atoms with Gasteiger partial charge in [0.1, 0.15) is 12.4 Å². The first-order valence-corrected chi connectivity index (χ1v) is 3.73. The lowest BCUT2D eigenvalue weighted by atomic mass is 10.2. The van der Waals surface area contributed by atoms with Gasteiger partial charge in [0.2, 0.25) is 0 Å². The summed E-state index contributed by atoms with van der Waals surface area (Å²) in [6, 6.07) is 1.69. The molecule has 0 aromatic carbocycles. The van der Waals surface area contributed by atoms with E-state index in [1.807, 2.05) is 0 Å². The van der Waals surface area contributed by atoms with Gasteiger partial charge in [0, 0.05) is 5.92 Å². The maximum atomic E-state index is 13.2. The van der Waals surface area contributed by atoms with Gasteiger partial charge in [-0.1, -0.05) is 0 Å². The average molecular weight is 163 g/mol. The summed E-state index contributed by atoms with van der Waals surface area (Å²) in [5.41, 5.74) is 0.258. The lowest BCUT2D eigenvalue weighted by Gasteiger charge is -1.98. The molecule has 0 atom stereocenters. The van der Waals surface area contributed by atoms with Gasteiger partial charge in [-0.25, -0.2) is 14.4 Å². The van der Waals surface area contributed by atoms with Gasteiger partial charge in [-0.2, -0.15) is 5.26 Å². The first kappa shape index (κ1) is 7.17. The van der Waals surface area contributed by atoms with E-state index >= 15 is 0 Å². The molecule has 1 fully saturated rings. The predicted molar refractivity (Wildman–Crippen MR) is 38.7 cm³/mol. The van der Waals surface area contributed by atoms with Crippen molar-refractivity contribution in [1.82, 2.24) is 9.97 Å². The molecule has 3 nitrogen and oxygen atoms in total. The molecule has 0 aliphatic heterocycles. The number of nitrogens with zero attached hydrogens (tertiary/aromatic N) is 3. The Labute approximate surface area is 68.9 Å². The van der Waals surface area contributed by atoms with Crippen molar-refractivity contribution in [2.45, 2.75) is 18.8 Å². The molecule has 1 aliphatic rings. The Bertz CT molecular complexity index is 352. The zero-order valence-electron chi connectivity index (χ0n) is 6.29. The fourth-order valence-corrected chi connectivity index (χ4v) is 1.10. The summed E-state index contributed by atoms with van der Waals surface area (Å²) in [7, 11) is 0. The number of rotatable bonds is 1. The number of hydrogen-bond donors (Lipinski definition) is 0. The van der Waals surface area contributed by atoms with Crippen LogP contribution in [0.1, 0.15) is 30.1 Å². The van der Waals surface area contributed by atoms with Gasteiger partial charge >= 0.3 is 0 Å². The smallest absolute Gasteiger partial charge is 0.181 e. The van der Waals surface area contributed by atoms with Gasteiger partial charge in [-0.3, -0.25) is 0 Å². The van der Waals surface area contributed by atoms with Crippen LogP contribution in [0.5, 0.6) is 0 Å². The monoisotopic (exact) mass is 163 g/mol. The SMILES string of the molecule is N#Cc1ncnc(C2CC2)c1F. The van der Waals surface area contributed by atoms with Crippen LogP contribution in [-0.4, -0.2) is 9.97 Å². The van der Waals surface area contributed by atoms with Gasteiger partial charge in [-0.05, 0) is 12.8 Å². The Balaban J connectivity index is 2.49. The summed E-state index contributed by atoms with van der Waals surface area (Å²) in [6.07, 6.45) is 3.19. The lowest BCUT2D eigenvalue weighted by Crippen LogP contribution is -1.98. The van der Waals surface area contributed by atoms with E-state index in [-0.39, 0.29) is 11.6 Å². The fourth-order valence-electron chi connectivity index (χ4n) is 1.10. The maximum Gasteiger partial charge on any atom is 0.181 e. The van der Waals surface area contributed by atoms with Gasteiger partial charge in [0.05, 0.1) is 5.69 Å². The van der Waals surface area contributed by atoms with E-state index in [4.69, 9.17) is 5.26 Å². The molecule has 0 radical (unpaired) electrons. The van der Waals surface area contributed by atoms with E-state index in [0.717, 1.165) is 12.8 Å². The Kier molecular flexibility index (Phi) is 1.51. The van der Waals surface area contributed by atoms with Crippen LogP contribution in [0.2, 0.25) is 0 Å². The Morgan fingerprint density at radius 1 is 1.50 bits per heavy atom. The molecule has 0 amide bonds. The third-order valence-electron chi connectivity index (χ3n) is 1.89. The highest BCUT2D eigenvalue weighted by atomic mass is 19.1. The van der Waals surface area contributed by atoms with Crippen LogP contribution in [0.25, 0.3) is 0 Å². The molecule has 1 aliphatic carbocycles. The lowest BCUT2D eigenvalue weighted by molar-refractivity contribution is 0.586. The molecule has 0 N–H and O–H groups in total. The summed E-state index contributed by atoms with van der Waals surface area (Å²) < 4.78 is 13.2. The molecule has 60 valence electrons. The van der Waals surface area contributed by atoms with Crippen molar-refractivity contribution in [3.63, 3.8) is 0 Å². The largest absolute Gasteiger partial charge is 0.238 e. The second-order valence-electron chi connectivity index (χ2n) is 2.81. The van der Waals surface area contributed by atoms with Gasteiger partial charge in [-0.15, -0.1) is 0 Å². The minimum Gasteiger partial charge on any atom is -0.238 e. The molecule has 0 bridgehead atoms. The van der Waals surface area contributed by atoms with Crippen LogP contribution in [0.4, 0.5) is 4.39 Å². The molecule has 1 saturated carbocycles. The van der Waals surface area contributed by atoms with E-state index in [1.165, 1.54) is 6.33 Å². The Morgan fingerprint density at radius 3 is 2.83 bits per heavy atom.